The van der Waals surface area contributed by atoms with Crippen molar-refractivity contribution in [2.75, 3.05) is 37.6 Å². The molecule has 0 amide bonds. The molecule has 0 unspecified atom stereocenters. The molecule has 0 spiro atoms. The molecule has 6 nitrogen and oxygen atoms in total. The summed E-state index contributed by atoms with van der Waals surface area (Å²) in [5.74, 6) is 0.879. The second-order valence-corrected chi connectivity index (χ2v) is 7.01. The van der Waals surface area contributed by atoms with E-state index in [0.717, 1.165) is 57.3 Å². The summed E-state index contributed by atoms with van der Waals surface area (Å²) in [4.78, 5) is 11.8. The predicted molar refractivity (Wildman–Crippen MR) is 106 cm³/mol. The monoisotopic (exact) mass is 360 g/mol. The third kappa shape index (κ3) is 5.49. The van der Waals surface area contributed by atoms with Crippen molar-refractivity contribution in [3.05, 3.63) is 35.6 Å². The topological polar surface area (TPSA) is 57.5 Å². The second kappa shape index (κ2) is 9.46. The number of thiazole rings is 1. The first-order valence-corrected chi connectivity index (χ1v) is 10.1. The molecule has 3 rings (SSSR count). The van der Waals surface area contributed by atoms with Gasteiger partial charge in [0.2, 0.25) is 0 Å². The minimum absolute atomic E-state index is 0.752. The summed E-state index contributed by atoms with van der Waals surface area (Å²) in [5, 5.41) is 10.0. The largest absolute Gasteiger partial charge is 0.357 e. The van der Waals surface area contributed by atoms with Crippen LogP contribution < -0.4 is 15.5 Å². The molecule has 1 saturated heterocycles. The normalized spacial score (nSPS) is 14.9. The van der Waals surface area contributed by atoms with E-state index < -0.39 is 0 Å². The number of nitrogens with zero attached hydrogens (tertiary/aromatic N) is 4. The Labute approximate surface area is 154 Å². The van der Waals surface area contributed by atoms with Crippen LogP contribution in [0.1, 0.15) is 25.5 Å². The van der Waals surface area contributed by atoms with Crippen LogP contribution in [0.2, 0.25) is 0 Å². The van der Waals surface area contributed by atoms with E-state index >= 15 is 0 Å². The first kappa shape index (κ1) is 17.8. The number of hydrogen-bond acceptors (Lipinski definition) is 4. The Morgan fingerprint density at radius 1 is 1.24 bits per heavy atom. The van der Waals surface area contributed by atoms with Crippen LogP contribution in [0.25, 0.3) is 0 Å². The Bertz CT molecular complexity index is 642. The molecule has 25 heavy (non-hydrogen) atoms. The van der Waals surface area contributed by atoms with E-state index in [1.807, 2.05) is 12.1 Å². The van der Waals surface area contributed by atoms with Gasteiger partial charge in [-0.25, -0.2) is 4.98 Å². The molecule has 1 aliphatic heterocycles. The van der Waals surface area contributed by atoms with E-state index in [4.69, 9.17) is 4.98 Å². The fourth-order valence-electron chi connectivity index (χ4n) is 2.91. The van der Waals surface area contributed by atoms with Crippen LogP contribution in [-0.4, -0.2) is 48.2 Å². The third-order valence-electron chi connectivity index (χ3n) is 4.23. The standard InChI is InChI=1S/C18H28N6S/c1-2-19-17(21-9-14-23-10-3-4-11-23)20-8-7-16-15-25-18(22-16)24-12-5-6-13-24/h3-4,10-11,15H,2,5-9,12-14H2,1H3,(H2,19,20,21). The van der Waals surface area contributed by atoms with E-state index in [2.05, 4.69) is 49.8 Å². The Morgan fingerprint density at radius 3 is 2.80 bits per heavy atom. The van der Waals surface area contributed by atoms with Gasteiger partial charge in [-0.15, -0.1) is 11.3 Å². The molecule has 0 saturated carbocycles. The second-order valence-electron chi connectivity index (χ2n) is 6.17. The first-order valence-electron chi connectivity index (χ1n) is 9.17. The van der Waals surface area contributed by atoms with Crippen molar-refractivity contribution >= 4 is 22.4 Å². The van der Waals surface area contributed by atoms with Gasteiger partial charge in [-0.2, -0.15) is 0 Å². The first-order chi connectivity index (χ1) is 12.3. The molecule has 0 aromatic carbocycles. The Balaban J connectivity index is 1.44. The van der Waals surface area contributed by atoms with E-state index in [1.54, 1.807) is 11.3 Å². The van der Waals surface area contributed by atoms with Crippen LogP contribution in [0.5, 0.6) is 0 Å². The highest BCUT2D eigenvalue weighted by atomic mass is 32.1. The van der Waals surface area contributed by atoms with E-state index in [0.29, 0.717) is 0 Å². The average Bonchev–Trinajstić information content (AvgIpc) is 3.37. The fraction of sp³-hybridized carbons (Fsp3) is 0.556. The number of guanidine groups is 1. The maximum atomic E-state index is 4.76. The lowest BCUT2D eigenvalue weighted by Crippen LogP contribution is -2.39. The van der Waals surface area contributed by atoms with Crippen LogP contribution >= 0.6 is 11.3 Å². The lowest BCUT2D eigenvalue weighted by molar-refractivity contribution is 0.665. The van der Waals surface area contributed by atoms with Crippen molar-refractivity contribution < 1.29 is 0 Å². The molecule has 2 aromatic rings. The Kier molecular flexibility index (Phi) is 6.73. The molecule has 1 fully saturated rings. The Hall–Kier alpha value is -2.02. The molecule has 0 bridgehead atoms. The van der Waals surface area contributed by atoms with Crippen molar-refractivity contribution in [3.8, 4) is 0 Å². The van der Waals surface area contributed by atoms with Crippen LogP contribution in [0.15, 0.2) is 34.9 Å². The van der Waals surface area contributed by atoms with Gasteiger partial charge in [0.1, 0.15) is 0 Å². The van der Waals surface area contributed by atoms with Gasteiger partial charge in [0.05, 0.1) is 5.69 Å². The zero-order valence-electron chi connectivity index (χ0n) is 14.9. The SMILES string of the molecule is CCNC(=NCCc1csc(N2CCCC2)n1)NCCn1cccc1. The summed E-state index contributed by atoms with van der Waals surface area (Å²) in [6, 6.07) is 4.09. The quantitative estimate of drug-likeness (QED) is 0.560. The highest BCUT2D eigenvalue weighted by Gasteiger charge is 2.15. The molecular formula is C18H28N6S. The molecular weight excluding hydrogens is 332 g/mol. The van der Waals surface area contributed by atoms with Gasteiger partial charge >= 0.3 is 0 Å². The van der Waals surface area contributed by atoms with Crippen molar-refractivity contribution in [3.63, 3.8) is 0 Å². The lowest BCUT2D eigenvalue weighted by atomic mass is 10.3. The van der Waals surface area contributed by atoms with E-state index in [9.17, 15) is 0 Å². The van der Waals surface area contributed by atoms with Gasteiger partial charge in [0, 0.05) is 63.5 Å². The molecule has 7 heteroatoms. The van der Waals surface area contributed by atoms with Crippen LogP contribution in [0, 0.1) is 0 Å². The highest BCUT2D eigenvalue weighted by molar-refractivity contribution is 7.13. The van der Waals surface area contributed by atoms with Crippen molar-refractivity contribution in [2.45, 2.75) is 32.7 Å². The number of aliphatic imine (C=N–C) groups is 1. The minimum Gasteiger partial charge on any atom is -0.357 e. The minimum atomic E-state index is 0.752. The zero-order valence-corrected chi connectivity index (χ0v) is 15.8. The van der Waals surface area contributed by atoms with Crippen LogP contribution in [0.3, 0.4) is 0 Å². The number of aromatic nitrogens is 2. The maximum absolute atomic E-state index is 4.76. The van der Waals surface area contributed by atoms with Gasteiger partial charge in [-0.05, 0) is 31.9 Å². The molecule has 0 radical (unpaired) electrons. The fourth-order valence-corrected chi connectivity index (χ4v) is 3.83. The summed E-state index contributed by atoms with van der Waals surface area (Å²) in [6.07, 6.45) is 7.62. The zero-order chi connectivity index (χ0) is 17.3. The number of anilines is 1. The average molecular weight is 361 g/mol. The third-order valence-corrected chi connectivity index (χ3v) is 5.18. The molecule has 0 aliphatic carbocycles. The number of rotatable bonds is 8. The van der Waals surface area contributed by atoms with Gasteiger partial charge in [-0.3, -0.25) is 4.99 Å². The van der Waals surface area contributed by atoms with Crippen molar-refractivity contribution in [1.29, 1.82) is 0 Å². The Morgan fingerprint density at radius 2 is 2.04 bits per heavy atom. The highest BCUT2D eigenvalue weighted by Crippen LogP contribution is 2.24. The van der Waals surface area contributed by atoms with Gasteiger partial charge in [-0.1, -0.05) is 0 Å². The molecule has 2 aromatic heterocycles. The van der Waals surface area contributed by atoms with Gasteiger partial charge < -0.3 is 20.1 Å². The summed E-state index contributed by atoms with van der Waals surface area (Å²) >= 11 is 1.76. The summed E-state index contributed by atoms with van der Waals surface area (Å²) in [5.41, 5.74) is 1.15. The molecule has 136 valence electrons. The van der Waals surface area contributed by atoms with E-state index in [1.165, 1.54) is 18.0 Å². The van der Waals surface area contributed by atoms with Crippen molar-refractivity contribution in [1.82, 2.24) is 20.2 Å². The number of nitrogens with one attached hydrogen (secondary N) is 2. The summed E-state index contributed by atoms with van der Waals surface area (Å²) in [7, 11) is 0. The van der Waals surface area contributed by atoms with Crippen LogP contribution in [0.4, 0.5) is 5.13 Å². The lowest BCUT2D eigenvalue weighted by Gasteiger charge is -2.12. The summed E-state index contributed by atoms with van der Waals surface area (Å²) in [6.45, 7) is 7.81. The molecule has 0 atom stereocenters. The maximum Gasteiger partial charge on any atom is 0.191 e. The van der Waals surface area contributed by atoms with Crippen molar-refractivity contribution in [2.24, 2.45) is 4.99 Å². The molecule has 3 heterocycles. The molecule has 2 N–H and O–H groups in total. The van der Waals surface area contributed by atoms with Gasteiger partial charge in [0.15, 0.2) is 11.1 Å². The summed E-state index contributed by atoms with van der Waals surface area (Å²) < 4.78 is 2.16. The van der Waals surface area contributed by atoms with Gasteiger partial charge in [0.25, 0.3) is 0 Å². The number of hydrogen-bond donors (Lipinski definition) is 2. The predicted octanol–water partition coefficient (Wildman–Crippen LogP) is 2.34. The molecule has 1 aliphatic rings. The van der Waals surface area contributed by atoms with E-state index in [-0.39, 0.29) is 0 Å². The van der Waals surface area contributed by atoms with Crippen LogP contribution in [-0.2, 0) is 13.0 Å². The smallest absolute Gasteiger partial charge is 0.191 e.